The molecule has 1 aliphatic heterocycles. The van der Waals surface area contributed by atoms with Crippen molar-refractivity contribution < 1.29 is 23.8 Å². The topological polar surface area (TPSA) is 66.8 Å². The number of carboxylic acids is 1. The van der Waals surface area contributed by atoms with Gasteiger partial charge in [-0.25, -0.2) is 9.18 Å². The fourth-order valence-corrected chi connectivity index (χ4v) is 2.74. The van der Waals surface area contributed by atoms with Crippen LogP contribution in [-0.4, -0.2) is 47.8 Å². The van der Waals surface area contributed by atoms with E-state index >= 15 is 0 Å². The monoisotopic (exact) mass is 309 g/mol. The summed E-state index contributed by atoms with van der Waals surface area (Å²) >= 11 is 0. The van der Waals surface area contributed by atoms with Crippen LogP contribution < -0.4 is 4.74 Å². The van der Waals surface area contributed by atoms with Crippen LogP contribution in [0.4, 0.5) is 4.39 Å². The molecule has 0 aromatic heterocycles. The molecule has 1 saturated heterocycles. The summed E-state index contributed by atoms with van der Waals surface area (Å²) < 4.78 is 19.2. The second kappa shape index (κ2) is 6.34. The van der Waals surface area contributed by atoms with Gasteiger partial charge in [-0.15, -0.1) is 0 Å². The number of benzene rings is 1. The lowest BCUT2D eigenvalue weighted by Crippen LogP contribution is -2.40. The molecule has 6 heteroatoms. The Bertz CT molecular complexity index is 560. The predicted molar refractivity (Wildman–Crippen MR) is 78.7 cm³/mol. The van der Waals surface area contributed by atoms with Crippen LogP contribution in [-0.2, 0) is 9.59 Å². The molecule has 0 bridgehead atoms. The molecule has 0 saturated carbocycles. The molecule has 2 unspecified atom stereocenters. The van der Waals surface area contributed by atoms with Crippen LogP contribution in [0.5, 0.6) is 5.75 Å². The molecule has 1 fully saturated rings. The number of nitrogens with zero attached hydrogens (tertiary/aromatic N) is 1. The molecule has 2 atom stereocenters. The molecule has 1 aromatic rings. The third-order valence-electron chi connectivity index (χ3n) is 4.14. The second-order valence-electron chi connectivity index (χ2n) is 5.51. The Morgan fingerprint density at radius 2 is 2.05 bits per heavy atom. The van der Waals surface area contributed by atoms with E-state index < -0.39 is 17.6 Å². The Morgan fingerprint density at radius 3 is 2.50 bits per heavy atom. The quantitative estimate of drug-likeness (QED) is 0.905. The predicted octanol–water partition coefficient (Wildman–Crippen LogP) is 2.21. The molecule has 0 radical (unpaired) electrons. The number of halogens is 1. The van der Waals surface area contributed by atoms with Gasteiger partial charge in [0.05, 0.1) is 19.6 Å². The molecular formula is C16H20FNO4. The van der Waals surface area contributed by atoms with Gasteiger partial charge in [-0.2, -0.15) is 0 Å². The zero-order chi connectivity index (χ0) is 16.3. The summed E-state index contributed by atoms with van der Waals surface area (Å²) in [5.41, 5.74) is -1.51. The number of alkyl halides is 1. The summed E-state index contributed by atoms with van der Waals surface area (Å²) in [6, 6.07) is 7.15. The third-order valence-corrected chi connectivity index (χ3v) is 4.14. The lowest BCUT2D eigenvalue weighted by atomic mass is 9.95. The molecule has 120 valence electrons. The lowest BCUT2D eigenvalue weighted by Gasteiger charge is -2.23. The highest BCUT2D eigenvalue weighted by Crippen LogP contribution is 2.30. The van der Waals surface area contributed by atoms with Crippen LogP contribution in [0.15, 0.2) is 24.3 Å². The number of hydrogen-bond donors (Lipinski definition) is 1. The van der Waals surface area contributed by atoms with E-state index in [1.807, 2.05) is 6.92 Å². The molecule has 0 spiro atoms. The summed E-state index contributed by atoms with van der Waals surface area (Å²) in [5.74, 6) is -1.43. The van der Waals surface area contributed by atoms with Crippen molar-refractivity contribution in [3.63, 3.8) is 0 Å². The first-order valence-electron chi connectivity index (χ1n) is 7.26. The molecule has 1 heterocycles. The van der Waals surface area contributed by atoms with Gasteiger partial charge in [-0.1, -0.05) is 19.1 Å². The van der Waals surface area contributed by atoms with E-state index in [0.717, 1.165) is 5.56 Å². The van der Waals surface area contributed by atoms with Crippen molar-refractivity contribution >= 4 is 11.9 Å². The summed E-state index contributed by atoms with van der Waals surface area (Å²) in [7, 11) is 1.56. The number of carbonyl (C=O) groups excluding carboxylic acids is 1. The number of amides is 1. The SMILES string of the molecule is CCC(C(=O)N1CCC(F)(C(=O)O)C1)c1ccc(OC)cc1. The van der Waals surface area contributed by atoms with Crippen molar-refractivity contribution in [1.82, 2.24) is 4.90 Å². The van der Waals surface area contributed by atoms with Crippen LogP contribution in [0.2, 0.25) is 0 Å². The minimum atomic E-state index is -2.33. The van der Waals surface area contributed by atoms with Gasteiger partial charge in [0.25, 0.3) is 0 Å². The number of rotatable bonds is 5. The Labute approximate surface area is 128 Å². The number of hydrogen-bond acceptors (Lipinski definition) is 3. The smallest absolute Gasteiger partial charge is 0.343 e. The molecule has 1 aromatic carbocycles. The highest BCUT2D eigenvalue weighted by atomic mass is 19.1. The molecule has 1 amide bonds. The van der Waals surface area contributed by atoms with Crippen molar-refractivity contribution in [3.05, 3.63) is 29.8 Å². The number of methoxy groups -OCH3 is 1. The average molecular weight is 309 g/mol. The second-order valence-corrected chi connectivity index (χ2v) is 5.51. The van der Waals surface area contributed by atoms with Gasteiger partial charge in [0, 0.05) is 13.0 Å². The number of carbonyl (C=O) groups is 2. The average Bonchev–Trinajstić information content (AvgIpc) is 2.92. The minimum Gasteiger partial charge on any atom is -0.497 e. The lowest BCUT2D eigenvalue weighted by molar-refractivity contribution is -0.150. The van der Waals surface area contributed by atoms with E-state index in [1.54, 1.807) is 31.4 Å². The highest BCUT2D eigenvalue weighted by molar-refractivity contribution is 5.86. The molecule has 22 heavy (non-hydrogen) atoms. The fourth-order valence-electron chi connectivity index (χ4n) is 2.74. The van der Waals surface area contributed by atoms with Crippen LogP contribution >= 0.6 is 0 Å². The zero-order valence-electron chi connectivity index (χ0n) is 12.7. The highest BCUT2D eigenvalue weighted by Gasteiger charge is 2.47. The van der Waals surface area contributed by atoms with E-state index in [1.165, 1.54) is 4.90 Å². The van der Waals surface area contributed by atoms with Gasteiger partial charge in [0.15, 0.2) is 0 Å². The van der Waals surface area contributed by atoms with Gasteiger partial charge < -0.3 is 14.7 Å². The number of ether oxygens (including phenoxy) is 1. The van der Waals surface area contributed by atoms with E-state index in [-0.39, 0.29) is 25.4 Å². The van der Waals surface area contributed by atoms with Crippen LogP contribution in [0.3, 0.4) is 0 Å². The van der Waals surface area contributed by atoms with Gasteiger partial charge in [0.2, 0.25) is 11.6 Å². The summed E-state index contributed by atoms with van der Waals surface area (Å²) in [6.07, 6.45) is 0.404. The third kappa shape index (κ3) is 3.05. The molecular weight excluding hydrogens is 289 g/mol. The van der Waals surface area contributed by atoms with Crippen molar-refractivity contribution in [1.29, 1.82) is 0 Å². The van der Waals surface area contributed by atoms with Crippen LogP contribution in [0.25, 0.3) is 0 Å². The van der Waals surface area contributed by atoms with Crippen molar-refractivity contribution in [3.8, 4) is 5.75 Å². The van der Waals surface area contributed by atoms with E-state index in [2.05, 4.69) is 0 Å². The molecule has 1 aliphatic rings. The normalized spacial score (nSPS) is 22.4. The standard InChI is InChI=1S/C16H20FNO4/c1-3-13(11-4-6-12(22-2)7-5-11)14(19)18-9-8-16(17,10-18)15(20)21/h4-7,13H,3,8-10H2,1-2H3,(H,20,21). The zero-order valence-corrected chi connectivity index (χ0v) is 12.7. The van der Waals surface area contributed by atoms with Crippen molar-refractivity contribution in [2.24, 2.45) is 0 Å². The van der Waals surface area contributed by atoms with Gasteiger partial charge in [-0.05, 0) is 24.1 Å². The largest absolute Gasteiger partial charge is 0.497 e. The maximum absolute atomic E-state index is 14.1. The maximum Gasteiger partial charge on any atom is 0.343 e. The van der Waals surface area contributed by atoms with E-state index in [4.69, 9.17) is 9.84 Å². The maximum atomic E-state index is 14.1. The van der Waals surface area contributed by atoms with Crippen molar-refractivity contribution in [2.75, 3.05) is 20.2 Å². The minimum absolute atomic E-state index is 0.133. The summed E-state index contributed by atoms with van der Waals surface area (Å²) in [4.78, 5) is 24.8. The van der Waals surface area contributed by atoms with E-state index in [9.17, 15) is 14.0 Å². The van der Waals surface area contributed by atoms with E-state index in [0.29, 0.717) is 12.2 Å². The van der Waals surface area contributed by atoms with Gasteiger partial charge in [-0.3, -0.25) is 4.79 Å². The van der Waals surface area contributed by atoms with Crippen LogP contribution in [0.1, 0.15) is 31.2 Å². The Hall–Kier alpha value is -2.11. The molecule has 5 nitrogen and oxygen atoms in total. The first-order valence-corrected chi connectivity index (χ1v) is 7.26. The van der Waals surface area contributed by atoms with Gasteiger partial charge in [0.1, 0.15) is 5.75 Å². The summed E-state index contributed by atoms with van der Waals surface area (Å²) in [6.45, 7) is 1.63. The number of likely N-dealkylation sites (tertiary alicyclic amines) is 1. The summed E-state index contributed by atoms with van der Waals surface area (Å²) in [5, 5.41) is 8.92. The van der Waals surface area contributed by atoms with Gasteiger partial charge >= 0.3 is 5.97 Å². The molecule has 0 aliphatic carbocycles. The Kier molecular flexibility index (Phi) is 4.68. The number of aliphatic carboxylic acids is 1. The van der Waals surface area contributed by atoms with Crippen LogP contribution in [0, 0.1) is 0 Å². The Morgan fingerprint density at radius 1 is 1.41 bits per heavy atom. The first-order chi connectivity index (χ1) is 10.4. The Balaban J connectivity index is 2.14. The number of carboxylic acid groups (broad SMARTS) is 1. The fraction of sp³-hybridized carbons (Fsp3) is 0.500. The molecule has 1 N–H and O–H groups in total. The van der Waals surface area contributed by atoms with Crippen molar-refractivity contribution in [2.45, 2.75) is 31.4 Å². The molecule has 2 rings (SSSR count). The first kappa shape index (κ1) is 16.3.